The molecule has 1 aliphatic heterocycles. The highest BCUT2D eigenvalue weighted by molar-refractivity contribution is 7.99. The second-order valence-corrected chi connectivity index (χ2v) is 14.3. The van der Waals surface area contributed by atoms with Crippen LogP contribution in [0.4, 0.5) is 17.5 Å². The van der Waals surface area contributed by atoms with Gasteiger partial charge in [0.25, 0.3) is 0 Å². The van der Waals surface area contributed by atoms with Crippen molar-refractivity contribution < 1.29 is 13.2 Å². The number of likely N-dealkylation sites (N-methyl/N-ethyl adjacent to an activating group) is 1. The second-order valence-electron chi connectivity index (χ2n) is 11.2. The molecule has 0 radical (unpaired) electrons. The fourth-order valence-corrected chi connectivity index (χ4v) is 7.09. The standard InChI is InChI=1S/C31H40N8O3S2/c1-22-7-6-8-24(19-22)21-44(40,41)26-11-9-25(10-12-26)43-31-33-29(32-27-20-23(2)35-36-27)28(42-5)30(34-31)39-17-15-38(16-18-39)14-13-37(3)4/h6-12,19-20H,13-18,21H2,1-5H3,(H2,32,33,34,35,36). The molecule has 4 aromatic rings. The monoisotopic (exact) mass is 636 g/mol. The Morgan fingerprint density at radius 3 is 2.41 bits per heavy atom. The van der Waals surface area contributed by atoms with Crippen molar-refractivity contribution in [2.24, 2.45) is 0 Å². The van der Waals surface area contributed by atoms with E-state index in [1.54, 1.807) is 31.4 Å². The average molecular weight is 637 g/mol. The predicted molar refractivity (Wildman–Crippen MR) is 175 cm³/mol. The number of aromatic nitrogens is 4. The fourth-order valence-electron chi connectivity index (χ4n) is 5.00. The molecule has 5 rings (SSSR count). The van der Waals surface area contributed by atoms with Gasteiger partial charge in [0.05, 0.1) is 17.8 Å². The summed E-state index contributed by atoms with van der Waals surface area (Å²) in [5, 5.41) is 11.1. The zero-order chi connectivity index (χ0) is 31.3. The van der Waals surface area contributed by atoms with Crippen molar-refractivity contribution in [2.75, 3.05) is 70.7 Å². The SMILES string of the molecule is COc1c(Nc2cc(C)[nH]n2)nc(Sc2ccc(S(=O)(=O)Cc3cccc(C)c3)cc2)nc1N1CCN(CCN(C)C)CC1. The normalized spacial score (nSPS) is 14.3. The first-order valence-corrected chi connectivity index (χ1v) is 17.0. The molecule has 44 heavy (non-hydrogen) atoms. The maximum Gasteiger partial charge on any atom is 0.204 e. The topological polar surface area (TPSA) is 120 Å². The van der Waals surface area contributed by atoms with E-state index in [9.17, 15) is 8.42 Å². The Labute approximate surface area is 264 Å². The molecule has 3 heterocycles. The highest BCUT2D eigenvalue weighted by Crippen LogP contribution is 2.38. The van der Waals surface area contributed by atoms with Gasteiger partial charge in [0.1, 0.15) is 0 Å². The van der Waals surface area contributed by atoms with Crippen LogP contribution in [0.1, 0.15) is 16.8 Å². The van der Waals surface area contributed by atoms with Gasteiger partial charge in [-0.2, -0.15) is 5.10 Å². The maximum absolute atomic E-state index is 13.1. The molecule has 2 aromatic heterocycles. The van der Waals surface area contributed by atoms with E-state index in [2.05, 4.69) is 44.3 Å². The predicted octanol–water partition coefficient (Wildman–Crippen LogP) is 4.38. The number of nitrogens with one attached hydrogen (secondary N) is 2. The zero-order valence-corrected chi connectivity index (χ0v) is 27.5. The number of hydrogen-bond acceptors (Lipinski definition) is 11. The van der Waals surface area contributed by atoms with Gasteiger partial charge in [-0.25, -0.2) is 18.4 Å². The van der Waals surface area contributed by atoms with Crippen LogP contribution < -0.4 is 15.0 Å². The molecule has 0 aliphatic carbocycles. The number of ether oxygens (including phenoxy) is 1. The Morgan fingerprint density at radius 1 is 1.02 bits per heavy atom. The van der Waals surface area contributed by atoms with Crippen molar-refractivity contribution in [3.05, 3.63) is 71.4 Å². The number of H-pyrrole nitrogens is 1. The third kappa shape index (κ3) is 8.08. The van der Waals surface area contributed by atoms with E-state index in [0.29, 0.717) is 28.4 Å². The van der Waals surface area contributed by atoms with E-state index in [-0.39, 0.29) is 10.6 Å². The van der Waals surface area contributed by atoms with Crippen LogP contribution in [0.15, 0.2) is 69.5 Å². The van der Waals surface area contributed by atoms with Crippen LogP contribution in [0.2, 0.25) is 0 Å². The van der Waals surface area contributed by atoms with Crippen molar-refractivity contribution in [3.8, 4) is 5.75 Å². The molecule has 0 atom stereocenters. The molecule has 0 saturated carbocycles. The summed E-state index contributed by atoms with van der Waals surface area (Å²) in [6, 6.07) is 16.4. The van der Waals surface area contributed by atoms with Gasteiger partial charge < -0.3 is 19.9 Å². The molecule has 2 aromatic carbocycles. The first kappa shape index (κ1) is 31.8. The molecular formula is C31H40N8O3S2. The van der Waals surface area contributed by atoms with Crippen LogP contribution in [-0.2, 0) is 15.6 Å². The lowest BCUT2D eigenvalue weighted by atomic mass is 10.2. The molecular weight excluding hydrogens is 597 g/mol. The van der Waals surface area contributed by atoms with Gasteiger partial charge in [-0.3, -0.25) is 10.00 Å². The van der Waals surface area contributed by atoms with E-state index in [1.165, 1.54) is 11.8 Å². The fraction of sp³-hybridized carbons (Fsp3) is 0.387. The van der Waals surface area contributed by atoms with E-state index in [0.717, 1.165) is 61.0 Å². The number of aryl methyl sites for hydroxylation is 2. The number of aromatic amines is 1. The van der Waals surface area contributed by atoms with E-state index in [4.69, 9.17) is 14.7 Å². The Hall–Kier alpha value is -3.65. The first-order chi connectivity index (χ1) is 21.1. The van der Waals surface area contributed by atoms with Crippen LogP contribution in [0.25, 0.3) is 0 Å². The van der Waals surface area contributed by atoms with Crippen molar-refractivity contribution in [1.82, 2.24) is 30.0 Å². The van der Waals surface area contributed by atoms with Crippen molar-refractivity contribution in [2.45, 2.75) is 34.5 Å². The van der Waals surface area contributed by atoms with Crippen LogP contribution >= 0.6 is 11.8 Å². The summed E-state index contributed by atoms with van der Waals surface area (Å²) in [5.74, 6) is 2.35. The Bertz CT molecular complexity index is 1670. The third-order valence-electron chi connectivity index (χ3n) is 7.35. The van der Waals surface area contributed by atoms with Gasteiger partial charge in [-0.05, 0) is 69.5 Å². The smallest absolute Gasteiger partial charge is 0.204 e. The highest BCUT2D eigenvalue weighted by atomic mass is 32.2. The summed E-state index contributed by atoms with van der Waals surface area (Å²) < 4.78 is 32.1. The largest absolute Gasteiger partial charge is 0.490 e. The van der Waals surface area contributed by atoms with Gasteiger partial charge >= 0.3 is 0 Å². The minimum Gasteiger partial charge on any atom is -0.490 e. The summed E-state index contributed by atoms with van der Waals surface area (Å²) in [6.07, 6.45) is 0. The summed E-state index contributed by atoms with van der Waals surface area (Å²) in [6.45, 7) is 9.37. The third-order valence-corrected chi connectivity index (χ3v) is 9.93. The zero-order valence-electron chi connectivity index (χ0n) is 25.9. The van der Waals surface area contributed by atoms with Gasteiger partial charge in [0.15, 0.2) is 32.4 Å². The van der Waals surface area contributed by atoms with Crippen molar-refractivity contribution in [3.63, 3.8) is 0 Å². The van der Waals surface area contributed by atoms with Gasteiger partial charge in [-0.15, -0.1) is 0 Å². The van der Waals surface area contributed by atoms with Gasteiger partial charge in [-0.1, -0.05) is 29.8 Å². The molecule has 0 amide bonds. The molecule has 1 fully saturated rings. The Balaban J connectivity index is 1.39. The Kier molecular flexibility index (Phi) is 10.1. The summed E-state index contributed by atoms with van der Waals surface area (Å²) in [5.41, 5.74) is 2.72. The number of hydrogen-bond donors (Lipinski definition) is 2. The van der Waals surface area contributed by atoms with E-state index >= 15 is 0 Å². The summed E-state index contributed by atoms with van der Waals surface area (Å²) in [7, 11) is 2.31. The second kappa shape index (κ2) is 14.0. The summed E-state index contributed by atoms with van der Waals surface area (Å²) >= 11 is 1.37. The molecule has 0 spiro atoms. The number of rotatable bonds is 12. The number of piperazine rings is 1. The molecule has 2 N–H and O–H groups in total. The quantitative estimate of drug-likeness (QED) is 0.216. The van der Waals surface area contributed by atoms with Crippen LogP contribution in [0.3, 0.4) is 0 Å². The minimum atomic E-state index is -3.49. The van der Waals surface area contributed by atoms with Crippen LogP contribution in [0, 0.1) is 13.8 Å². The molecule has 0 unspecified atom stereocenters. The molecule has 13 heteroatoms. The number of anilines is 3. The number of nitrogens with zero attached hydrogens (tertiary/aromatic N) is 6. The van der Waals surface area contributed by atoms with E-state index in [1.807, 2.05) is 44.2 Å². The lowest BCUT2D eigenvalue weighted by Crippen LogP contribution is -2.48. The van der Waals surface area contributed by atoms with Crippen LogP contribution in [-0.4, -0.2) is 98.9 Å². The number of methoxy groups -OCH3 is 1. The Morgan fingerprint density at radius 2 is 1.77 bits per heavy atom. The van der Waals surface area contributed by atoms with Crippen molar-refractivity contribution >= 4 is 39.1 Å². The molecule has 234 valence electrons. The first-order valence-electron chi connectivity index (χ1n) is 14.5. The van der Waals surface area contributed by atoms with Gasteiger partial charge in [0.2, 0.25) is 5.75 Å². The number of sulfone groups is 1. The van der Waals surface area contributed by atoms with Gasteiger partial charge in [0, 0.05) is 55.9 Å². The van der Waals surface area contributed by atoms with E-state index < -0.39 is 9.84 Å². The lowest BCUT2D eigenvalue weighted by Gasteiger charge is -2.36. The molecule has 1 aliphatic rings. The molecule has 0 bridgehead atoms. The van der Waals surface area contributed by atoms with Crippen molar-refractivity contribution in [1.29, 1.82) is 0 Å². The number of benzene rings is 2. The highest BCUT2D eigenvalue weighted by Gasteiger charge is 2.25. The molecule has 1 saturated heterocycles. The van der Waals surface area contributed by atoms with Crippen LogP contribution in [0.5, 0.6) is 5.75 Å². The minimum absolute atomic E-state index is 0.0454. The summed E-state index contributed by atoms with van der Waals surface area (Å²) in [4.78, 5) is 17.7. The molecule has 11 nitrogen and oxygen atoms in total. The average Bonchev–Trinajstić information content (AvgIpc) is 3.40. The maximum atomic E-state index is 13.1. The lowest BCUT2D eigenvalue weighted by molar-refractivity contribution is 0.228.